The highest BCUT2D eigenvalue weighted by Gasteiger charge is 2.44. The zero-order valence-electron chi connectivity index (χ0n) is 13.2. The molecule has 3 rings (SSSR count). The molecule has 2 fully saturated rings. The summed E-state index contributed by atoms with van der Waals surface area (Å²) in [4.78, 5) is 3.82. The Morgan fingerprint density at radius 3 is 2.62 bits per heavy atom. The van der Waals surface area contributed by atoms with Crippen molar-refractivity contribution in [3.8, 4) is 0 Å². The average Bonchev–Trinajstić information content (AvgIpc) is 2.94. The number of pyridine rings is 1. The highest BCUT2D eigenvalue weighted by atomic mass is 19.4. The van der Waals surface area contributed by atoms with Gasteiger partial charge in [-0.25, -0.2) is 0 Å². The van der Waals surface area contributed by atoms with E-state index >= 15 is 0 Å². The number of alkyl halides is 3. The molecule has 0 amide bonds. The molecule has 0 aliphatic carbocycles. The van der Waals surface area contributed by atoms with Gasteiger partial charge >= 0.3 is 6.18 Å². The second-order valence-electron chi connectivity index (χ2n) is 6.14. The van der Waals surface area contributed by atoms with Gasteiger partial charge in [0.25, 0.3) is 0 Å². The van der Waals surface area contributed by atoms with Crippen LogP contribution in [0.15, 0.2) is 24.5 Å². The minimum absolute atomic E-state index is 0.0951. The van der Waals surface area contributed by atoms with E-state index in [0.717, 1.165) is 0 Å². The molecule has 5 nitrogen and oxygen atoms in total. The lowest BCUT2D eigenvalue weighted by molar-refractivity contribution is -0.211. The topological polar surface area (TPSA) is 52.6 Å². The van der Waals surface area contributed by atoms with Crippen LogP contribution in [0.25, 0.3) is 0 Å². The van der Waals surface area contributed by atoms with Gasteiger partial charge in [0, 0.05) is 31.8 Å². The molecule has 2 aliphatic heterocycles. The second-order valence-corrected chi connectivity index (χ2v) is 6.14. The molecular formula is C16H21F3N2O3. The molecule has 1 aromatic heterocycles. The van der Waals surface area contributed by atoms with Gasteiger partial charge in [0.15, 0.2) is 5.79 Å². The van der Waals surface area contributed by atoms with Crippen molar-refractivity contribution in [3.63, 3.8) is 0 Å². The first-order valence-electron chi connectivity index (χ1n) is 8.05. The van der Waals surface area contributed by atoms with Gasteiger partial charge in [-0.2, -0.15) is 13.2 Å². The van der Waals surface area contributed by atoms with Crippen LogP contribution < -0.4 is 5.32 Å². The monoisotopic (exact) mass is 346 g/mol. The van der Waals surface area contributed by atoms with Crippen molar-refractivity contribution in [1.29, 1.82) is 0 Å². The number of nitrogens with zero attached hydrogens (tertiary/aromatic N) is 1. The summed E-state index contributed by atoms with van der Waals surface area (Å²) in [5.41, 5.74) is 0.587. The van der Waals surface area contributed by atoms with Gasteiger partial charge in [0.05, 0.1) is 25.9 Å². The molecule has 0 radical (unpaired) electrons. The van der Waals surface area contributed by atoms with E-state index in [9.17, 15) is 13.2 Å². The van der Waals surface area contributed by atoms with Gasteiger partial charge in [0.1, 0.15) is 6.04 Å². The van der Waals surface area contributed by atoms with Crippen molar-refractivity contribution in [1.82, 2.24) is 10.3 Å². The fourth-order valence-electron chi connectivity index (χ4n) is 2.99. The maximum absolute atomic E-state index is 13.3. The molecule has 2 aliphatic rings. The van der Waals surface area contributed by atoms with Gasteiger partial charge < -0.3 is 19.5 Å². The highest BCUT2D eigenvalue weighted by molar-refractivity contribution is 5.12. The zero-order valence-corrected chi connectivity index (χ0v) is 13.2. The molecule has 1 aromatic rings. The van der Waals surface area contributed by atoms with Crippen LogP contribution in [0.2, 0.25) is 0 Å². The molecule has 1 N–H and O–H groups in total. The Morgan fingerprint density at radius 1 is 1.25 bits per heavy atom. The minimum atomic E-state index is -4.33. The first kappa shape index (κ1) is 17.6. The number of hydrogen-bond acceptors (Lipinski definition) is 5. The van der Waals surface area contributed by atoms with E-state index in [1.165, 1.54) is 12.4 Å². The number of nitrogens with one attached hydrogen (secondary N) is 1. The van der Waals surface area contributed by atoms with Crippen molar-refractivity contribution in [2.45, 2.75) is 43.4 Å². The third-order valence-corrected chi connectivity index (χ3v) is 4.34. The molecule has 8 heteroatoms. The van der Waals surface area contributed by atoms with Crippen molar-refractivity contribution < 1.29 is 27.4 Å². The van der Waals surface area contributed by atoms with E-state index in [1.807, 2.05) is 0 Å². The third-order valence-electron chi connectivity index (χ3n) is 4.34. The maximum Gasteiger partial charge on any atom is 0.404 e. The average molecular weight is 346 g/mol. The smallest absolute Gasteiger partial charge is 0.381 e. The normalized spacial score (nSPS) is 25.0. The maximum atomic E-state index is 13.3. The van der Waals surface area contributed by atoms with Crippen LogP contribution in [0.5, 0.6) is 0 Å². The molecule has 3 heterocycles. The molecule has 0 bridgehead atoms. The Labute approximate surface area is 138 Å². The number of aromatic nitrogens is 1. The highest BCUT2D eigenvalue weighted by Crippen LogP contribution is 2.33. The summed E-state index contributed by atoms with van der Waals surface area (Å²) in [6.45, 7) is 1.49. The van der Waals surface area contributed by atoms with E-state index in [-0.39, 0.29) is 19.1 Å². The number of ether oxygens (including phenoxy) is 3. The molecular weight excluding hydrogens is 325 g/mol. The Bertz CT molecular complexity index is 521. The molecule has 2 atom stereocenters. The molecule has 134 valence electrons. The fraction of sp³-hybridized carbons (Fsp3) is 0.688. The summed E-state index contributed by atoms with van der Waals surface area (Å²) in [6.07, 6.45) is -0.647. The Balaban J connectivity index is 1.54. The second kappa shape index (κ2) is 7.35. The lowest BCUT2D eigenvalue weighted by Crippen LogP contribution is -2.47. The summed E-state index contributed by atoms with van der Waals surface area (Å²) in [5, 5.41) is 2.59. The van der Waals surface area contributed by atoms with Crippen molar-refractivity contribution in [3.05, 3.63) is 30.1 Å². The van der Waals surface area contributed by atoms with Crippen LogP contribution in [0.1, 0.15) is 18.4 Å². The van der Waals surface area contributed by atoms with Gasteiger partial charge in [-0.15, -0.1) is 0 Å². The largest absolute Gasteiger partial charge is 0.404 e. The van der Waals surface area contributed by atoms with Crippen molar-refractivity contribution in [2.24, 2.45) is 0 Å². The summed E-state index contributed by atoms with van der Waals surface area (Å²) in [5.74, 6) is -0.677. The summed E-state index contributed by atoms with van der Waals surface area (Å²) in [6, 6.07) is 1.55. The Morgan fingerprint density at radius 2 is 1.96 bits per heavy atom. The summed E-state index contributed by atoms with van der Waals surface area (Å²) in [7, 11) is 0. The molecule has 0 unspecified atom stereocenters. The van der Waals surface area contributed by atoms with E-state index < -0.39 is 18.0 Å². The number of halogens is 3. The van der Waals surface area contributed by atoms with E-state index in [4.69, 9.17) is 14.2 Å². The van der Waals surface area contributed by atoms with Crippen LogP contribution in [0.4, 0.5) is 13.2 Å². The predicted octanol–water partition coefficient (Wildman–Crippen LogP) is 2.07. The lowest BCUT2D eigenvalue weighted by Gasteiger charge is -2.32. The van der Waals surface area contributed by atoms with Crippen LogP contribution >= 0.6 is 0 Å². The van der Waals surface area contributed by atoms with Gasteiger partial charge in [-0.3, -0.25) is 4.98 Å². The van der Waals surface area contributed by atoms with Gasteiger partial charge in [-0.05, 0) is 24.1 Å². The van der Waals surface area contributed by atoms with E-state index in [1.54, 1.807) is 12.1 Å². The molecule has 1 spiro atoms. The molecule has 2 saturated heterocycles. The first-order valence-corrected chi connectivity index (χ1v) is 8.05. The number of rotatable bonds is 5. The van der Waals surface area contributed by atoms with Crippen LogP contribution in [0, 0.1) is 0 Å². The van der Waals surface area contributed by atoms with Crippen LogP contribution in [-0.2, 0) is 20.6 Å². The first-order chi connectivity index (χ1) is 11.5. The SMILES string of the molecule is FC(F)(F)[C@@H](Cc1ccncc1)NC[C@@H]1COC2(CCOCC2)O1. The van der Waals surface area contributed by atoms with Crippen LogP contribution in [0.3, 0.4) is 0 Å². The minimum Gasteiger partial charge on any atom is -0.381 e. The molecule has 0 saturated carbocycles. The van der Waals surface area contributed by atoms with E-state index in [0.29, 0.717) is 38.2 Å². The van der Waals surface area contributed by atoms with Gasteiger partial charge in [-0.1, -0.05) is 0 Å². The Kier molecular flexibility index (Phi) is 5.39. The molecule has 0 aromatic carbocycles. The Hall–Kier alpha value is -1.22. The lowest BCUT2D eigenvalue weighted by atomic mass is 10.1. The fourth-order valence-corrected chi connectivity index (χ4v) is 2.99. The quantitative estimate of drug-likeness (QED) is 0.885. The van der Waals surface area contributed by atoms with Gasteiger partial charge in [0.2, 0.25) is 0 Å². The number of hydrogen-bond donors (Lipinski definition) is 1. The standard InChI is InChI=1S/C16H21F3N2O3/c17-16(18,19)14(9-12-1-5-20-6-2-12)21-10-13-11-23-15(24-13)3-7-22-8-4-15/h1-2,5-6,13-14,21H,3-4,7-11H2/t13-,14-/m1/s1. The third kappa shape index (κ3) is 4.44. The molecule has 24 heavy (non-hydrogen) atoms. The van der Waals surface area contributed by atoms with Crippen molar-refractivity contribution in [2.75, 3.05) is 26.4 Å². The van der Waals surface area contributed by atoms with Crippen molar-refractivity contribution >= 4 is 0 Å². The predicted molar refractivity (Wildman–Crippen MR) is 79.4 cm³/mol. The zero-order chi connectivity index (χ0) is 17.0. The summed E-state index contributed by atoms with van der Waals surface area (Å²) >= 11 is 0. The summed E-state index contributed by atoms with van der Waals surface area (Å²) < 4.78 is 56.6. The van der Waals surface area contributed by atoms with E-state index in [2.05, 4.69) is 10.3 Å². The van der Waals surface area contributed by atoms with Crippen LogP contribution in [-0.4, -0.2) is 55.5 Å².